The largest absolute Gasteiger partial charge is 0.494 e. The van der Waals surface area contributed by atoms with Gasteiger partial charge in [0.25, 0.3) is 5.91 Å². The molecule has 2 aromatic carbocycles. The average molecular weight is 977 g/mol. The smallest absolute Gasteiger partial charge is 0.314 e. The Kier molecular flexibility index (Phi) is 23.2. The van der Waals surface area contributed by atoms with Gasteiger partial charge in [0, 0.05) is 31.6 Å². The van der Waals surface area contributed by atoms with Gasteiger partial charge in [0.1, 0.15) is 23.9 Å². The molecule has 0 radical (unpaired) electrons. The molecule has 0 aliphatic heterocycles. The Morgan fingerprint density at radius 1 is 0.647 bits per heavy atom. The lowest BCUT2D eigenvalue weighted by Gasteiger charge is -2.10. The lowest BCUT2D eigenvalue weighted by molar-refractivity contribution is -0.119. The Hall–Kier alpha value is -6.60. The molecule has 12 N–H and O–H groups in total. The SMILES string of the molecule is Cc1nc(N)c(C(=O)CC(=N)CCCCCc2ccc(OCCCC(=O)CCCCCNC(=O)NCCOc3ccc(CCCCN=C(N)NC(=O)c4nc(Cl)c(N)nc4N)cc3)cc2)nc1Cl. The van der Waals surface area contributed by atoms with Crippen LogP contribution in [0.25, 0.3) is 0 Å². The summed E-state index contributed by atoms with van der Waals surface area (Å²) in [5.41, 5.74) is 25.8. The maximum atomic E-state index is 12.5. The molecule has 0 atom stereocenters. The average Bonchev–Trinajstić information content (AvgIpc) is 3.30. The molecule has 0 fully saturated rings. The first kappa shape index (κ1) is 54.0. The summed E-state index contributed by atoms with van der Waals surface area (Å²) in [6, 6.07) is 15.4. The van der Waals surface area contributed by atoms with Crippen LogP contribution in [-0.4, -0.2) is 88.0 Å². The topological polar surface area (TPSA) is 315 Å². The number of anilines is 3. The zero-order valence-corrected chi connectivity index (χ0v) is 40.0. The van der Waals surface area contributed by atoms with Gasteiger partial charge in [-0.05, 0) is 107 Å². The highest BCUT2D eigenvalue weighted by atomic mass is 35.5. The predicted molar refractivity (Wildman–Crippen MR) is 266 cm³/mol. The van der Waals surface area contributed by atoms with E-state index in [0.717, 1.165) is 75.5 Å². The van der Waals surface area contributed by atoms with Crippen molar-refractivity contribution in [2.75, 3.05) is 50.0 Å². The predicted octanol–water partition coefficient (Wildman–Crippen LogP) is 6.76. The summed E-state index contributed by atoms with van der Waals surface area (Å²) in [5.74, 6) is 0.346. The van der Waals surface area contributed by atoms with Gasteiger partial charge in [-0.2, -0.15) is 0 Å². The van der Waals surface area contributed by atoms with Crippen molar-refractivity contribution in [3.05, 3.63) is 87.0 Å². The van der Waals surface area contributed by atoms with E-state index >= 15 is 0 Å². The van der Waals surface area contributed by atoms with Gasteiger partial charge in [0.2, 0.25) is 0 Å². The van der Waals surface area contributed by atoms with Crippen LogP contribution in [0.1, 0.15) is 121 Å². The van der Waals surface area contributed by atoms with Crippen molar-refractivity contribution < 1.29 is 28.7 Å². The van der Waals surface area contributed by atoms with E-state index in [4.69, 9.17) is 61.0 Å². The molecule has 3 amide bonds. The van der Waals surface area contributed by atoms with Crippen molar-refractivity contribution in [3.8, 4) is 11.5 Å². The number of unbranched alkanes of at least 4 members (excludes halogenated alkanes) is 5. The number of ketones is 2. The van der Waals surface area contributed by atoms with Crippen molar-refractivity contribution in [2.45, 2.75) is 103 Å². The maximum absolute atomic E-state index is 12.5. The van der Waals surface area contributed by atoms with Crippen LogP contribution >= 0.6 is 23.2 Å². The number of amides is 3. The minimum absolute atomic E-state index is 0.0174. The standard InChI is InChI=1S/C47H63Cl2N13O6/c1-30-40(48)59-38(42(51)58-30)37(64)29-33(50)13-5-2-4-11-31-16-20-35(21-17-31)67-27-10-15-34(63)14-6-3-8-25-56-47(66)57-26-28-68-36-22-18-32(19-23-36)12-7-9-24-55-46(54)62-45(65)39-43(52)61-44(53)41(49)60-39/h16-23,50H,2-15,24-29H2,1H3,(H2,51,58)(H4,52,53,61)(H2,56,57,66)(H3,54,55,62,65). The van der Waals surface area contributed by atoms with Gasteiger partial charge in [-0.25, -0.2) is 24.7 Å². The molecule has 2 heterocycles. The number of aliphatic imine (C=N–C) groups is 1. The van der Waals surface area contributed by atoms with Gasteiger partial charge in [-0.15, -0.1) is 0 Å². The molecule has 0 unspecified atom stereocenters. The third kappa shape index (κ3) is 20.1. The molecule has 0 aliphatic carbocycles. The number of hydrogen-bond acceptors (Lipinski definition) is 15. The number of rotatable bonds is 30. The fourth-order valence-electron chi connectivity index (χ4n) is 6.71. The molecule has 2 aromatic heterocycles. The minimum Gasteiger partial charge on any atom is -0.494 e. The Labute approximate surface area is 406 Å². The highest BCUT2D eigenvalue weighted by Gasteiger charge is 2.18. The Balaban J connectivity index is 0.925. The molecular weight excluding hydrogens is 914 g/mol. The van der Waals surface area contributed by atoms with Crippen LogP contribution in [0.4, 0.5) is 22.2 Å². The van der Waals surface area contributed by atoms with Crippen molar-refractivity contribution >= 4 is 75.8 Å². The second-order valence-electron chi connectivity index (χ2n) is 16.0. The molecule has 0 saturated carbocycles. The van der Waals surface area contributed by atoms with Crippen LogP contribution in [0.3, 0.4) is 0 Å². The molecule has 68 heavy (non-hydrogen) atoms. The number of halogens is 2. The summed E-state index contributed by atoms with van der Waals surface area (Å²) in [4.78, 5) is 69.3. The van der Waals surface area contributed by atoms with Gasteiger partial charge in [-0.3, -0.25) is 24.7 Å². The number of Topliss-reactive ketones (excluding diaryl/α,β-unsaturated/α-hetero) is 2. The molecule has 4 rings (SSSR count). The Morgan fingerprint density at radius 2 is 1.22 bits per heavy atom. The molecule has 0 spiro atoms. The summed E-state index contributed by atoms with van der Waals surface area (Å²) in [6.45, 7) is 3.72. The van der Waals surface area contributed by atoms with Gasteiger partial charge >= 0.3 is 6.03 Å². The van der Waals surface area contributed by atoms with E-state index in [-0.39, 0.29) is 69.1 Å². The van der Waals surface area contributed by atoms with E-state index in [1.165, 1.54) is 5.56 Å². The third-order valence-electron chi connectivity index (χ3n) is 10.4. The van der Waals surface area contributed by atoms with Gasteiger partial charge in [-0.1, -0.05) is 60.3 Å². The minimum atomic E-state index is -0.689. The first-order valence-electron chi connectivity index (χ1n) is 22.7. The number of nitrogens with zero attached hydrogens (tertiary/aromatic N) is 5. The van der Waals surface area contributed by atoms with Gasteiger partial charge in [0.05, 0.1) is 25.3 Å². The molecule has 0 saturated heterocycles. The fourth-order valence-corrected chi connectivity index (χ4v) is 6.96. The summed E-state index contributed by atoms with van der Waals surface area (Å²) >= 11 is 11.8. The van der Waals surface area contributed by atoms with Crippen molar-refractivity contribution in [2.24, 2.45) is 10.7 Å². The monoisotopic (exact) mass is 975 g/mol. The molecule has 0 aliphatic rings. The molecule has 21 heteroatoms. The highest BCUT2D eigenvalue weighted by molar-refractivity contribution is 6.32. The number of nitrogens with two attached hydrogens (primary N) is 4. The second-order valence-corrected chi connectivity index (χ2v) is 16.7. The fraction of sp³-hybridized carbons (Fsp3) is 0.447. The van der Waals surface area contributed by atoms with Crippen LogP contribution in [0, 0.1) is 12.3 Å². The van der Waals surface area contributed by atoms with Crippen LogP contribution in [0.2, 0.25) is 10.3 Å². The van der Waals surface area contributed by atoms with Gasteiger partial charge in [0.15, 0.2) is 50.9 Å². The Morgan fingerprint density at radius 3 is 1.91 bits per heavy atom. The first-order chi connectivity index (χ1) is 32.7. The van der Waals surface area contributed by atoms with E-state index in [1.54, 1.807) is 6.92 Å². The van der Waals surface area contributed by atoms with E-state index in [1.807, 2.05) is 48.5 Å². The van der Waals surface area contributed by atoms with Crippen LogP contribution < -0.4 is 48.4 Å². The zero-order valence-electron chi connectivity index (χ0n) is 38.5. The number of hydrogen-bond donors (Lipinski definition) is 8. The number of ether oxygens (including phenoxy) is 2. The number of guanidine groups is 1. The van der Waals surface area contributed by atoms with Crippen LogP contribution in [0.5, 0.6) is 11.5 Å². The maximum Gasteiger partial charge on any atom is 0.314 e. The number of nitrogens with one attached hydrogen (secondary N) is 4. The zero-order chi connectivity index (χ0) is 49.3. The number of aryl methyl sites for hydroxylation is 3. The van der Waals surface area contributed by atoms with E-state index in [2.05, 4.69) is 40.9 Å². The summed E-state index contributed by atoms with van der Waals surface area (Å²) in [5, 5.41) is 16.2. The molecule has 4 aromatic rings. The number of carbonyl (C=O) groups is 4. The first-order valence-corrected chi connectivity index (χ1v) is 23.5. The number of aromatic nitrogens is 4. The number of nitrogen functional groups attached to an aromatic ring is 3. The molecule has 19 nitrogen and oxygen atoms in total. The number of carbonyl (C=O) groups excluding carboxylic acids is 4. The quantitative estimate of drug-likeness (QED) is 0.0116. The van der Waals surface area contributed by atoms with E-state index < -0.39 is 5.91 Å². The van der Waals surface area contributed by atoms with Crippen molar-refractivity contribution in [1.82, 2.24) is 35.9 Å². The summed E-state index contributed by atoms with van der Waals surface area (Å²) in [7, 11) is 0. The third-order valence-corrected chi connectivity index (χ3v) is 11.1. The summed E-state index contributed by atoms with van der Waals surface area (Å²) in [6.07, 6.45) is 10.5. The van der Waals surface area contributed by atoms with Crippen LogP contribution in [-0.2, 0) is 17.6 Å². The lowest BCUT2D eigenvalue weighted by Crippen LogP contribution is -2.38. The van der Waals surface area contributed by atoms with Crippen molar-refractivity contribution in [3.63, 3.8) is 0 Å². The normalized spacial score (nSPS) is 11.2. The van der Waals surface area contributed by atoms with Crippen molar-refractivity contribution in [1.29, 1.82) is 5.41 Å². The highest BCUT2D eigenvalue weighted by Crippen LogP contribution is 2.20. The summed E-state index contributed by atoms with van der Waals surface area (Å²) < 4.78 is 11.6. The molecule has 0 bridgehead atoms. The number of urea groups is 1. The van der Waals surface area contributed by atoms with E-state index in [9.17, 15) is 19.2 Å². The lowest BCUT2D eigenvalue weighted by atomic mass is 10.0. The van der Waals surface area contributed by atoms with Gasteiger partial charge < -0.3 is 48.5 Å². The second kappa shape index (κ2) is 29.2. The van der Waals surface area contributed by atoms with E-state index in [0.29, 0.717) is 75.7 Å². The van der Waals surface area contributed by atoms with Crippen LogP contribution in [0.15, 0.2) is 53.5 Å². The number of benzene rings is 2. The molecular formula is C47H63Cl2N13O6. The molecule has 366 valence electrons. The Bertz CT molecular complexity index is 2330.